The third kappa shape index (κ3) is 11.3. The maximum Gasteiger partial charge on any atom is 0.317 e. The average molecular weight is 1270 g/mol. The van der Waals surface area contributed by atoms with Crippen LogP contribution in [0, 0.1) is 50.2 Å². The number of hydrogen-bond acceptors (Lipinski definition) is 28. The maximum atomic E-state index is 15.4. The zero-order chi connectivity index (χ0) is 64.4. The number of allylic oxidation sites excluding steroid dienone is 2. The van der Waals surface area contributed by atoms with Crippen molar-refractivity contribution in [2.24, 2.45) is 50.2 Å². The fourth-order valence-corrected chi connectivity index (χ4v) is 18.0. The van der Waals surface area contributed by atoms with Gasteiger partial charge in [-0.15, -0.1) is 0 Å². The van der Waals surface area contributed by atoms with E-state index in [2.05, 4.69) is 54.5 Å². The Labute approximate surface area is 510 Å². The molecular weight excluding hydrogens is 1170 g/mol. The monoisotopic (exact) mass is 1270 g/mol. The van der Waals surface area contributed by atoms with Gasteiger partial charge in [-0.05, 0) is 110 Å². The largest absolute Gasteiger partial charge is 0.432 e. The van der Waals surface area contributed by atoms with Crippen molar-refractivity contribution in [1.29, 1.82) is 0 Å². The molecule has 5 aliphatic carbocycles. The molecule has 34 atom stereocenters. The van der Waals surface area contributed by atoms with E-state index >= 15 is 4.79 Å². The fourth-order valence-electron chi connectivity index (χ4n) is 18.0. The Kier molecular flexibility index (Phi) is 19.9. The van der Waals surface area contributed by atoms with Gasteiger partial charge < -0.3 is 134 Å². The first kappa shape index (κ1) is 69.0. The number of fused-ring (bicyclic) bond motifs is 7. The molecule has 5 saturated heterocycles. The van der Waals surface area contributed by atoms with Crippen molar-refractivity contribution >= 4 is 5.97 Å². The van der Waals surface area contributed by atoms with E-state index in [0.29, 0.717) is 44.9 Å². The Morgan fingerprint density at radius 2 is 0.943 bits per heavy atom. The normalized spacial score (nSPS) is 54.4. The van der Waals surface area contributed by atoms with Gasteiger partial charge in [-0.1, -0.05) is 60.1 Å². The molecule has 0 spiro atoms. The molecule has 88 heavy (non-hydrogen) atoms. The van der Waals surface area contributed by atoms with E-state index in [9.17, 15) is 86.8 Å². The molecule has 0 radical (unpaired) electrons. The van der Waals surface area contributed by atoms with Gasteiger partial charge in [0, 0.05) is 0 Å². The van der Waals surface area contributed by atoms with Crippen LogP contribution in [0.25, 0.3) is 0 Å². The SMILES string of the molecule is C[C@@H]1O[C@@H](O[C@H]2[C@H](O[C@H]3[C@H](O[C@H]4CC[C@]5(C)[C@H]6CC=C7[C@@H]8CC(C)(C)CC[C@]8(C(=O)O[C@@H]8O[C@H](CO)[C@@H](O)[C@H](O)[C@H]8O[C@@H]8O[C@H](CO)[C@@H](O)[C@H](O)[C@H]8O)[C@H](O)C[C@@]7(C)[C@]6(C)CC[C@H]5C4(C)C)O[C@H](CO)[C@@H](O)[C@@H]3O)O[C@H](CO)[C@@H](O)[C@@H]2O)[C@H](O)[C@H](O)[C@H]1O. The predicted octanol–water partition coefficient (Wildman–Crippen LogP) is -4.21. The summed E-state index contributed by atoms with van der Waals surface area (Å²) in [5, 5.41) is 186. The Morgan fingerprint density at radius 1 is 0.489 bits per heavy atom. The summed E-state index contributed by atoms with van der Waals surface area (Å²) in [6.07, 6.45) is -38.0. The lowest BCUT2D eigenvalue weighted by molar-refractivity contribution is -0.397. The number of hydrogen-bond donors (Lipinski definition) is 17. The molecule has 0 aromatic heterocycles. The smallest absolute Gasteiger partial charge is 0.317 e. The Morgan fingerprint density at radius 3 is 1.48 bits per heavy atom. The molecular formula is C60H98O28. The molecule has 0 unspecified atom stereocenters. The summed E-state index contributed by atoms with van der Waals surface area (Å²) < 4.78 is 60.6. The standard InChI is InChI=1S/C60H98O28/c1-23-34(66)39(71)44(76)49(79-23)85-47-42(74)37(69)28(21-63)82-52(47)87-46-41(73)36(68)27(20-62)81-51(46)84-33-12-13-57(6)30(56(33,4)5)11-14-58(7)31(57)10-9-24-25-17-55(2,3)15-16-60(25,32(65)18-59(24,58)8)54(78)88-53-48(43(75)38(70)29(22-64)83-53)86-50-45(77)40(72)35(67)26(19-61)80-50/h9,23,25-53,61-77H,10-22H2,1-8H3/t23-,25-,26+,27+,28+,29+,30-,31+,32+,33-,34-,35+,36+,37+,38+,39+,40-,41-,42-,43-,44+,45+,46+,47+,48+,49-,50-,51-,52-,53-,57-,58+,59+,60+/m0/s1. The van der Waals surface area contributed by atoms with E-state index in [1.165, 1.54) is 6.92 Å². The van der Waals surface area contributed by atoms with Crippen LogP contribution >= 0.6 is 0 Å². The number of carbonyl (C=O) groups is 1. The minimum atomic E-state index is -1.95. The molecule has 0 amide bonds. The summed E-state index contributed by atoms with van der Waals surface area (Å²) in [5.41, 5.74) is -3.11. The first-order valence-electron chi connectivity index (χ1n) is 31.3. The predicted molar refractivity (Wildman–Crippen MR) is 295 cm³/mol. The second kappa shape index (κ2) is 25.4. The molecule has 0 aromatic carbocycles. The van der Waals surface area contributed by atoms with Crippen molar-refractivity contribution < 1.29 is 139 Å². The van der Waals surface area contributed by atoms with E-state index in [1.807, 2.05) is 0 Å². The van der Waals surface area contributed by atoms with Crippen LogP contribution in [0.3, 0.4) is 0 Å². The molecule has 9 fully saturated rings. The summed E-state index contributed by atoms with van der Waals surface area (Å²) >= 11 is 0. The average Bonchev–Trinajstić information content (AvgIpc) is 0.733. The van der Waals surface area contributed by atoms with Crippen molar-refractivity contribution in [3.05, 3.63) is 11.6 Å². The van der Waals surface area contributed by atoms with Gasteiger partial charge in [-0.3, -0.25) is 4.79 Å². The molecule has 10 rings (SSSR count). The highest BCUT2D eigenvalue weighted by atomic mass is 16.8. The van der Waals surface area contributed by atoms with Gasteiger partial charge in [-0.2, -0.15) is 0 Å². The summed E-state index contributed by atoms with van der Waals surface area (Å²) in [7, 11) is 0. The van der Waals surface area contributed by atoms with Gasteiger partial charge in [0.15, 0.2) is 31.3 Å². The quantitative estimate of drug-likeness (QED) is 0.0445. The second-order valence-corrected chi connectivity index (χ2v) is 29.2. The molecule has 5 heterocycles. The van der Waals surface area contributed by atoms with Crippen LogP contribution in [0.2, 0.25) is 0 Å². The molecule has 506 valence electrons. The van der Waals surface area contributed by atoms with Gasteiger partial charge in [0.05, 0.1) is 44.7 Å². The summed E-state index contributed by atoms with van der Waals surface area (Å²) in [4.78, 5) is 15.4. The molecule has 17 N–H and O–H groups in total. The number of rotatable bonds is 14. The number of aliphatic hydroxyl groups excluding tert-OH is 17. The molecule has 28 heteroatoms. The molecule has 0 bridgehead atoms. The van der Waals surface area contributed by atoms with E-state index in [1.54, 1.807) is 0 Å². The lowest BCUT2D eigenvalue weighted by Crippen LogP contribution is -2.69. The van der Waals surface area contributed by atoms with Crippen LogP contribution in [-0.2, 0) is 52.2 Å². The molecule has 10 aliphatic rings. The van der Waals surface area contributed by atoms with E-state index in [4.69, 9.17) is 47.4 Å². The van der Waals surface area contributed by atoms with Crippen LogP contribution in [0.4, 0.5) is 0 Å². The molecule has 5 aliphatic heterocycles. The lowest BCUT2D eigenvalue weighted by atomic mass is 9.33. The van der Waals surface area contributed by atoms with Crippen LogP contribution in [0.1, 0.15) is 113 Å². The summed E-state index contributed by atoms with van der Waals surface area (Å²) in [6.45, 7) is 13.4. The first-order chi connectivity index (χ1) is 41.2. The second-order valence-electron chi connectivity index (χ2n) is 29.2. The zero-order valence-corrected chi connectivity index (χ0v) is 51.2. The Balaban J connectivity index is 0.906. The Hall–Kier alpha value is -1.83. The van der Waals surface area contributed by atoms with Crippen molar-refractivity contribution in [2.75, 3.05) is 26.4 Å². The number of aliphatic hydroxyl groups is 17. The highest BCUT2D eigenvalue weighted by Gasteiger charge is 2.72. The van der Waals surface area contributed by atoms with Gasteiger partial charge in [0.1, 0.15) is 115 Å². The number of ether oxygens (including phenoxy) is 10. The minimum absolute atomic E-state index is 0.00804. The third-order valence-electron chi connectivity index (χ3n) is 23.5. The fraction of sp³-hybridized carbons (Fsp3) is 0.950. The minimum Gasteiger partial charge on any atom is -0.432 e. The lowest BCUT2D eigenvalue weighted by Gasteiger charge is -2.72. The van der Waals surface area contributed by atoms with E-state index in [0.717, 1.165) is 5.57 Å². The van der Waals surface area contributed by atoms with Crippen LogP contribution in [0.5, 0.6) is 0 Å². The maximum absolute atomic E-state index is 15.4. The van der Waals surface area contributed by atoms with Crippen molar-refractivity contribution in [1.82, 2.24) is 0 Å². The van der Waals surface area contributed by atoms with Crippen LogP contribution in [-0.4, -0.2) is 285 Å². The van der Waals surface area contributed by atoms with E-state index < -0.39 is 226 Å². The van der Waals surface area contributed by atoms with Crippen molar-refractivity contribution in [3.63, 3.8) is 0 Å². The zero-order valence-electron chi connectivity index (χ0n) is 51.2. The van der Waals surface area contributed by atoms with Gasteiger partial charge >= 0.3 is 5.97 Å². The van der Waals surface area contributed by atoms with Gasteiger partial charge in [0.25, 0.3) is 0 Å². The molecule has 28 nitrogen and oxygen atoms in total. The van der Waals surface area contributed by atoms with Crippen molar-refractivity contribution in [2.45, 2.75) is 279 Å². The van der Waals surface area contributed by atoms with E-state index in [-0.39, 0.29) is 35.5 Å². The molecule has 0 aromatic rings. The number of carbonyl (C=O) groups excluding carboxylic acids is 1. The molecule has 4 saturated carbocycles. The highest BCUT2D eigenvalue weighted by molar-refractivity contribution is 5.80. The van der Waals surface area contributed by atoms with Crippen LogP contribution < -0.4 is 0 Å². The van der Waals surface area contributed by atoms with Crippen LogP contribution in [0.15, 0.2) is 11.6 Å². The van der Waals surface area contributed by atoms with Crippen molar-refractivity contribution in [3.8, 4) is 0 Å². The summed E-state index contributed by atoms with van der Waals surface area (Å²) in [5.74, 6) is -1.49. The topological polar surface area (TPSA) is 453 Å². The van der Waals surface area contributed by atoms with Gasteiger partial charge in [0.2, 0.25) is 6.29 Å². The highest BCUT2D eigenvalue weighted by Crippen LogP contribution is 2.76. The Bertz CT molecular complexity index is 2460. The number of esters is 1. The van der Waals surface area contributed by atoms with Gasteiger partial charge in [-0.25, -0.2) is 0 Å². The first-order valence-corrected chi connectivity index (χ1v) is 31.3. The third-order valence-corrected chi connectivity index (χ3v) is 23.5. The summed E-state index contributed by atoms with van der Waals surface area (Å²) in [6, 6.07) is 0.